The average Bonchev–Trinajstić information content (AvgIpc) is 2.74. The van der Waals surface area contributed by atoms with E-state index in [2.05, 4.69) is 54.7 Å². The summed E-state index contributed by atoms with van der Waals surface area (Å²) in [6.45, 7) is 4.69. The minimum absolute atomic E-state index is 0.350. The second kappa shape index (κ2) is 3.46. The highest BCUT2D eigenvalue weighted by atomic mass is 15.0. The van der Waals surface area contributed by atoms with Crippen LogP contribution in [0.2, 0.25) is 0 Å². The zero-order valence-corrected chi connectivity index (χ0v) is 10.6. The van der Waals surface area contributed by atoms with Crippen molar-refractivity contribution >= 4 is 0 Å². The SMILES string of the molecule is CC1CC1(C)c1ccccc1-c1nccn1C. The van der Waals surface area contributed by atoms with Gasteiger partial charge in [0.15, 0.2) is 0 Å². The van der Waals surface area contributed by atoms with Crippen molar-refractivity contribution in [2.24, 2.45) is 13.0 Å². The third kappa shape index (κ3) is 1.51. The van der Waals surface area contributed by atoms with Crippen LogP contribution in [0.25, 0.3) is 11.4 Å². The molecule has 0 spiro atoms. The van der Waals surface area contributed by atoms with Gasteiger partial charge >= 0.3 is 0 Å². The Morgan fingerprint density at radius 1 is 1.35 bits per heavy atom. The van der Waals surface area contributed by atoms with Crippen LogP contribution in [0.15, 0.2) is 36.7 Å². The van der Waals surface area contributed by atoms with Crippen molar-refractivity contribution in [2.45, 2.75) is 25.7 Å². The van der Waals surface area contributed by atoms with E-state index in [0.29, 0.717) is 5.41 Å². The van der Waals surface area contributed by atoms with Gasteiger partial charge in [-0.3, -0.25) is 0 Å². The summed E-state index contributed by atoms with van der Waals surface area (Å²) in [5, 5.41) is 0. The molecule has 3 rings (SSSR count). The van der Waals surface area contributed by atoms with Crippen molar-refractivity contribution < 1.29 is 0 Å². The third-order valence-electron chi connectivity index (χ3n) is 4.26. The van der Waals surface area contributed by atoms with Crippen LogP contribution in [-0.4, -0.2) is 9.55 Å². The van der Waals surface area contributed by atoms with Crippen molar-refractivity contribution in [1.82, 2.24) is 9.55 Å². The summed E-state index contributed by atoms with van der Waals surface area (Å²) in [5.74, 6) is 1.85. The van der Waals surface area contributed by atoms with Crippen molar-refractivity contribution in [3.8, 4) is 11.4 Å². The van der Waals surface area contributed by atoms with Crippen molar-refractivity contribution in [1.29, 1.82) is 0 Å². The van der Waals surface area contributed by atoms with Gasteiger partial charge in [-0.1, -0.05) is 38.1 Å². The Morgan fingerprint density at radius 3 is 2.65 bits per heavy atom. The monoisotopic (exact) mass is 226 g/mol. The third-order valence-corrected chi connectivity index (χ3v) is 4.26. The van der Waals surface area contributed by atoms with E-state index in [1.807, 2.05) is 12.4 Å². The highest BCUT2D eigenvalue weighted by Gasteiger charge is 2.49. The van der Waals surface area contributed by atoms with Crippen LogP contribution in [0.4, 0.5) is 0 Å². The number of imidazole rings is 1. The molecule has 0 N–H and O–H groups in total. The van der Waals surface area contributed by atoms with E-state index in [9.17, 15) is 0 Å². The van der Waals surface area contributed by atoms with Gasteiger partial charge in [0.2, 0.25) is 0 Å². The summed E-state index contributed by atoms with van der Waals surface area (Å²) in [6.07, 6.45) is 5.16. The van der Waals surface area contributed by atoms with Gasteiger partial charge in [-0.05, 0) is 23.3 Å². The van der Waals surface area contributed by atoms with E-state index < -0.39 is 0 Å². The van der Waals surface area contributed by atoms with Gasteiger partial charge in [0, 0.05) is 25.0 Å². The minimum atomic E-state index is 0.350. The molecule has 2 unspecified atom stereocenters. The first-order valence-electron chi connectivity index (χ1n) is 6.20. The molecule has 1 aliphatic carbocycles. The van der Waals surface area contributed by atoms with Gasteiger partial charge in [0.1, 0.15) is 5.82 Å². The Kier molecular flexibility index (Phi) is 2.15. The second-order valence-electron chi connectivity index (χ2n) is 5.43. The molecule has 1 aliphatic rings. The number of aryl methyl sites for hydroxylation is 1. The zero-order chi connectivity index (χ0) is 12.0. The first-order chi connectivity index (χ1) is 8.13. The van der Waals surface area contributed by atoms with Crippen LogP contribution in [0, 0.1) is 5.92 Å². The first kappa shape index (κ1) is 10.6. The predicted molar refractivity (Wildman–Crippen MR) is 69.8 cm³/mol. The Morgan fingerprint density at radius 2 is 2.06 bits per heavy atom. The van der Waals surface area contributed by atoms with Crippen LogP contribution in [0.1, 0.15) is 25.8 Å². The fourth-order valence-corrected chi connectivity index (χ4v) is 2.75. The molecule has 0 saturated heterocycles. The zero-order valence-electron chi connectivity index (χ0n) is 10.6. The largest absolute Gasteiger partial charge is 0.334 e. The van der Waals surface area contributed by atoms with E-state index >= 15 is 0 Å². The molecule has 0 radical (unpaired) electrons. The first-order valence-corrected chi connectivity index (χ1v) is 6.20. The van der Waals surface area contributed by atoms with E-state index in [0.717, 1.165) is 11.7 Å². The molecular weight excluding hydrogens is 208 g/mol. The number of rotatable bonds is 2. The van der Waals surface area contributed by atoms with Crippen LogP contribution in [0.3, 0.4) is 0 Å². The molecule has 1 saturated carbocycles. The highest BCUT2D eigenvalue weighted by molar-refractivity contribution is 5.64. The maximum atomic E-state index is 4.48. The quantitative estimate of drug-likeness (QED) is 0.767. The summed E-state index contributed by atoms with van der Waals surface area (Å²) in [4.78, 5) is 4.48. The number of hydrogen-bond acceptors (Lipinski definition) is 1. The molecule has 1 aromatic carbocycles. The fraction of sp³-hybridized carbons (Fsp3) is 0.400. The van der Waals surface area contributed by atoms with Gasteiger partial charge in [0.05, 0.1) is 0 Å². The lowest BCUT2D eigenvalue weighted by Gasteiger charge is -2.16. The lowest BCUT2D eigenvalue weighted by atomic mass is 9.91. The molecule has 1 heterocycles. The molecule has 2 nitrogen and oxygen atoms in total. The average molecular weight is 226 g/mol. The highest BCUT2D eigenvalue weighted by Crippen LogP contribution is 2.55. The maximum Gasteiger partial charge on any atom is 0.139 e. The normalized spacial score (nSPS) is 27.1. The second-order valence-corrected chi connectivity index (χ2v) is 5.43. The van der Waals surface area contributed by atoms with E-state index in [1.54, 1.807) is 0 Å². The van der Waals surface area contributed by atoms with Crippen molar-refractivity contribution in [2.75, 3.05) is 0 Å². The molecule has 0 amide bonds. The minimum Gasteiger partial charge on any atom is -0.334 e. The van der Waals surface area contributed by atoms with Gasteiger partial charge in [-0.2, -0.15) is 0 Å². The standard InChI is InChI=1S/C15H18N2/c1-11-10-15(11,2)13-7-5-4-6-12(13)14-16-8-9-17(14)3/h4-9,11H,10H2,1-3H3. The van der Waals surface area contributed by atoms with Crippen LogP contribution in [0.5, 0.6) is 0 Å². The number of hydrogen-bond donors (Lipinski definition) is 0. The fourth-order valence-electron chi connectivity index (χ4n) is 2.75. The summed E-state index contributed by atoms with van der Waals surface area (Å²) >= 11 is 0. The Labute approximate surface area is 102 Å². The number of aromatic nitrogens is 2. The summed E-state index contributed by atoms with van der Waals surface area (Å²) in [6, 6.07) is 8.68. The van der Waals surface area contributed by atoms with Crippen LogP contribution in [-0.2, 0) is 12.5 Å². The lowest BCUT2D eigenvalue weighted by molar-refractivity contribution is 0.702. The van der Waals surface area contributed by atoms with Gasteiger partial charge in [-0.15, -0.1) is 0 Å². The van der Waals surface area contributed by atoms with Gasteiger partial charge in [-0.25, -0.2) is 4.98 Å². The molecule has 88 valence electrons. The van der Waals surface area contributed by atoms with Gasteiger partial charge < -0.3 is 4.57 Å². The van der Waals surface area contributed by atoms with Crippen LogP contribution < -0.4 is 0 Å². The Hall–Kier alpha value is -1.57. The summed E-state index contributed by atoms with van der Waals surface area (Å²) in [5.41, 5.74) is 3.08. The number of benzene rings is 1. The van der Waals surface area contributed by atoms with Gasteiger partial charge in [0.25, 0.3) is 0 Å². The molecular formula is C15H18N2. The Balaban J connectivity index is 2.16. The lowest BCUT2D eigenvalue weighted by Crippen LogP contribution is -2.07. The van der Waals surface area contributed by atoms with Crippen molar-refractivity contribution in [3.63, 3.8) is 0 Å². The smallest absolute Gasteiger partial charge is 0.139 e. The van der Waals surface area contributed by atoms with Crippen LogP contribution >= 0.6 is 0 Å². The van der Waals surface area contributed by atoms with E-state index in [-0.39, 0.29) is 0 Å². The maximum absolute atomic E-state index is 4.48. The number of nitrogens with zero attached hydrogens (tertiary/aromatic N) is 2. The molecule has 17 heavy (non-hydrogen) atoms. The molecule has 2 aromatic rings. The predicted octanol–water partition coefficient (Wildman–Crippen LogP) is 3.38. The molecule has 0 bridgehead atoms. The summed E-state index contributed by atoms with van der Waals surface area (Å²) in [7, 11) is 2.05. The summed E-state index contributed by atoms with van der Waals surface area (Å²) < 4.78 is 2.09. The topological polar surface area (TPSA) is 17.8 Å². The van der Waals surface area contributed by atoms with E-state index in [1.165, 1.54) is 17.5 Å². The Bertz CT molecular complexity index is 556. The van der Waals surface area contributed by atoms with E-state index in [4.69, 9.17) is 0 Å². The molecule has 1 fully saturated rings. The molecule has 1 aromatic heterocycles. The molecule has 0 aliphatic heterocycles. The van der Waals surface area contributed by atoms with Crippen molar-refractivity contribution in [3.05, 3.63) is 42.2 Å². The molecule has 2 atom stereocenters. The molecule has 2 heteroatoms.